The van der Waals surface area contributed by atoms with Crippen LogP contribution in [0.5, 0.6) is 0 Å². The van der Waals surface area contributed by atoms with Gasteiger partial charge in [-0.15, -0.1) is 0 Å². The van der Waals surface area contributed by atoms with Crippen LogP contribution >= 0.6 is 0 Å². The van der Waals surface area contributed by atoms with E-state index in [4.69, 9.17) is 14.5 Å². The molecule has 0 aromatic heterocycles. The van der Waals surface area contributed by atoms with E-state index in [1.54, 1.807) is 6.92 Å². The number of carbonyl (C=O) groups excluding carboxylic acids is 1. The van der Waals surface area contributed by atoms with Gasteiger partial charge in [-0.25, -0.2) is 0 Å². The molecule has 2 bridgehead atoms. The Hall–Kier alpha value is -0.450. The molecule has 0 aromatic rings. The highest BCUT2D eigenvalue weighted by molar-refractivity contribution is 5.60. The summed E-state index contributed by atoms with van der Waals surface area (Å²) in [6.07, 6.45) is 1.95. The highest BCUT2D eigenvalue weighted by Gasteiger charge is 2.59. The molecule has 2 aliphatic rings. The van der Waals surface area contributed by atoms with Crippen LogP contribution in [0.15, 0.2) is 0 Å². The first kappa shape index (κ1) is 9.12. The Morgan fingerprint density at radius 1 is 1.15 bits per heavy atom. The van der Waals surface area contributed by atoms with Crippen molar-refractivity contribution in [3.8, 4) is 0 Å². The minimum absolute atomic E-state index is 0.00438. The van der Waals surface area contributed by atoms with Gasteiger partial charge in [0.1, 0.15) is 0 Å². The minimum atomic E-state index is -1.17. The summed E-state index contributed by atoms with van der Waals surface area (Å²) in [6, 6.07) is 0. The van der Waals surface area contributed by atoms with Crippen LogP contribution in [0.1, 0.15) is 33.6 Å². The van der Waals surface area contributed by atoms with Crippen molar-refractivity contribution in [1.82, 2.24) is 0 Å². The normalized spacial score (nSPS) is 47.6. The van der Waals surface area contributed by atoms with Crippen molar-refractivity contribution in [2.75, 3.05) is 0 Å². The molecular weight excluding hydrogens is 172 g/mol. The lowest BCUT2D eigenvalue weighted by Crippen LogP contribution is -2.47. The maximum absolute atomic E-state index is 10.8. The SMILES string of the molecule is CC1(C)CC2(C)OOC(C=O)(C1)O2. The lowest BCUT2D eigenvalue weighted by atomic mass is 9.77. The van der Waals surface area contributed by atoms with E-state index in [9.17, 15) is 4.79 Å². The summed E-state index contributed by atoms with van der Waals surface area (Å²) >= 11 is 0. The summed E-state index contributed by atoms with van der Waals surface area (Å²) in [6.45, 7) is 5.94. The first-order chi connectivity index (χ1) is 5.89. The number of aldehydes is 1. The maximum Gasteiger partial charge on any atom is 0.260 e. The summed E-state index contributed by atoms with van der Waals surface area (Å²) in [5.74, 6) is -1.93. The molecule has 0 amide bonds. The molecule has 2 fully saturated rings. The molecule has 2 saturated heterocycles. The van der Waals surface area contributed by atoms with Gasteiger partial charge in [0.2, 0.25) is 5.79 Å². The minimum Gasteiger partial charge on any atom is -0.306 e. The van der Waals surface area contributed by atoms with E-state index in [1.165, 1.54) is 0 Å². The van der Waals surface area contributed by atoms with Crippen LogP contribution in [0.4, 0.5) is 0 Å². The van der Waals surface area contributed by atoms with Crippen molar-refractivity contribution >= 4 is 6.29 Å². The second kappa shape index (κ2) is 2.32. The van der Waals surface area contributed by atoms with Crippen LogP contribution in [0, 0.1) is 5.41 Å². The van der Waals surface area contributed by atoms with E-state index >= 15 is 0 Å². The summed E-state index contributed by atoms with van der Waals surface area (Å²) in [5, 5.41) is 0. The molecule has 4 heteroatoms. The van der Waals surface area contributed by atoms with Crippen LogP contribution in [-0.4, -0.2) is 17.9 Å². The second-order valence-electron chi connectivity index (χ2n) is 4.85. The third-order valence-corrected chi connectivity index (χ3v) is 2.45. The van der Waals surface area contributed by atoms with Crippen molar-refractivity contribution in [2.45, 2.75) is 45.2 Å². The van der Waals surface area contributed by atoms with Crippen molar-refractivity contribution < 1.29 is 19.3 Å². The molecule has 0 radical (unpaired) electrons. The van der Waals surface area contributed by atoms with Gasteiger partial charge >= 0.3 is 0 Å². The maximum atomic E-state index is 10.8. The molecule has 2 unspecified atom stereocenters. The zero-order valence-electron chi connectivity index (χ0n) is 8.12. The average Bonchev–Trinajstić information content (AvgIpc) is 2.22. The van der Waals surface area contributed by atoms with E-state index in [1.807, 2.05) is 0 Å². The Labute approximate surface area is 77.1 Å². The Morgan fingerprint density at radius 3 is 2.46 bits per heavy atom. The lowest BCUT2D eigenvalue weighted by molar-refractivity contribution is -0.331. The standard InChI is InChI=1S/C9H14O4/c1-7(2)4-8(3)11-9(5-7,6-10)13-12-8/h6H,4-5H2,1-3H3. The van der Waals surface area contributed by atoms with Gasteiger partial charge in [-0.1, -0.05) is 13.8 Å². The molecule has 2 heterocycles. The van der Waals surface area contributed by atoms with Crippen LogP contribution in [-0.2, 0) is 19.3 Å². The predicted octanol–water partition coefficient (Wildman–Crippen LogP) is 1.40. The van der Waals surface area contributed by atoms with Gasteiger partial charge < -0.3 is 4.74 Å². The van der Waals surface area contributed by atoms with Gasteiger partial charge in [0.05, 0.1) is 0 Å². The molecule has 2 rings (SSSR count). The van der Waals surface area contributed by atoms with Crippen molar-refractivity contribution in [2.24, 2.45) is 5.41 Å². The number of hydrogen-bond donors (Lipinski definition) is 0. The fraction of sp³-hybridized carbons (Fsp3) is 0.889. The van der Waals surface area contributed by atoms with E-state index in [0.717, 1.165) is 6.42 Å². The van der Waals surface area contributed by atoms with Crippen molar-refractivity contribution in [1.29, 1.82) is 0 Å². The Bertz CT molecular complexity index is 250. The Balaban J connectivity index is 2.32. The zero-order valence-corrected chi connectivity index (χ0v) is 8.12. The van der Waals surface area contributed by atoms with Gasteiger partial charge in [0, 0.05) is 12.8 Å². The predicted molar refractivity (Wildman–Crippen MR) is 43.5 cm³/mol. The van der Waals surface area contributed by atoms with Gasteiger partial charge in [-0.3, -0.25) is 4.79 Å². The third-order valence-electron chi connectivity index (χ3n) is 2.45. The third kappa shape index (κ3) is 1.39. The first-order valence-corrected chi connectivity index (χ1v) is 4.42. The number of rotatable bonds is 1. The highest BCUT2D eigenvalue weighted by atomic mass is 17.3. The monoisotopic (exact) mass is 186 g/mol. The molecule has 0 aromatic carbocycles. The molecule has 4 nitrogen and oxygen atoms in total. The molecule has 2 aliphatic heterocycles. The fourth-order valence-electron chi connectivity index (χ4n) is 2.37. The van der Waals surface area contributed by atoms with E-state index in [0.29, 0.717) is 12.7 Å². The molecule has 0 aliphatic carbocycles. The van der Waals surface area contributed by atoms with Gasteiger partial charge in [0.25, 0.3) is 5.79 Å². The first-order valence-electron chi connectivity index (χ1n) is 4.42. The lowest BCUT2D eigenvalue weighted by Gasteiger charge is -2.39. The second-order valence-corrected chi connectivity index (χ2v) is 4.85. The molecule has 0 spiro atoms. The number of carbonyl (C=O) groups is 1. The Kier molecular flexibility index (Phi) is 1.63. The molecule has 0 saturated carbocycles. The molecule has 74 valence electrons. The van der Waals surface area contributed by atoms with E-state index in [-0.39, 0.29) is 5.41 Å². The van der Waals surface area contributed by atoms with Crippen LogP contribution < -0.4 is 0 Å². The fourth-order valence-corrected chi connectivity index (χ4v) is 2.37. The summed E-state index contributed by atoms with van der Waals surface area (Å²) in [7, 11) is 0. The average molecular weight is 186 g/mol. The summed E-state index contributed by atoms with van der Waals surface area (Å²) in [5.41, 5.74) is 0.00438. The Morgan fingerprint density at radius 2 is 1.85 bits per heavy atom. The van der Waals surface area contributed by atoms with Gasteiger partial charge in [-0.05, 0) is 12.3 Å². The van der Waals surface area contributed by atoms with Gasteiger partial charge in [-0.2, -0.15) is 9.78 Å². The van der Waals surface area contributed by atoms with Crippen molar-refractivity contribution in [3.05, 3.63) is 0 Å². The smallest absolute Gasteiger partial charge is 0.260 e. The number of hydrogen-bond acceptors (Lipinski definition) is 4. The summed E-state index contributed by atoms with van der Waals surface area (Å²) in [4.78, 5) is 20.8. The van der Waals surface area contributed by atoms with E-state index in [2.05, 4.69) is 13.8 Å². The molecule has 2 atom stereocenters. The number of ether oxygens (including phenoxy) is 1. The zero-order chi connectivity index (χ0) is 9.74. The van der Waals surface area contributed by atoms with Crippen LogP contribution in [0.3, 0.4) is 0 Å². The molecule has 0 N–H and O–H groups in total. The number of fused-ring (bicyclic) bond motifs is 2. The topological polar surface area (TPSA) is 44.8 Å². The van der Waals surface area contributed by atoms with Crippen LogP contribution in [0.2, 0.25) is 0 Å². The summed E-state index contributed by atoms with van der Waals surface area (Å²) < 4.78 is 5.44. The molecular formula is C9H14O4. The largest absolute Gasteiger partial charge is 0.306 e. The van der Waals surface area contributed by atoms with Gasteiger partial charge in [0.15, 0.2) is 6.29 Å². The van der Waals surface area contributed by atoms with E-state index < -0.39 is 11.6 Å². The highest BCUT2D eigenvalue weighted by Crippen LogP contribution is 2.50. The quantitative estimate of drug-likeness (QED) is 0.458. The molecule has 13 heavy (non-hydrogen) atoms. The van der Waals surface area contributed by atoms with Crippen LogP contribution in [0.25, 0.3) is 0 Å². The van der Waals surface area contributed by atoms with Crippen molar-refractivity contribution in [3.63, 3.8) is 0 Å².